The fourth-order valence-corrected chi connectivity index (χ4v) is 15.2. The van der Waals surface area contributed by atoms with E-state index < -0.39 is 0 Å². The largest absolute Gasteiger partial charge is 0.334 e. The molecule has 5 unspecified atom stereocenters. The zero-order chi connectivity index (χ0) is 44.0. The molecule has 3 nitrogen and oxygen atoms in total. The highest BCUT2D eigenvalue weighted by atomic mass is 15.3. The molecule has 2 fully saturated rings. The first kappa shape index (κ1) is 40.1. The van der Waals surface area contributed by atoms with Crippen LogP contribution in [0.3, 0.4) is 0 Å². The standard InChI is InChI=1S/C59H70BN3/c1-53(2,3)39-22-25-41(26-23-39)61-46-18-15-17-43-50(46)60-51-48(61)33-42(62-45-27-24-40(54(4,5)6)32-44(45)57(10)28-13-14-30-59(57,62)12)34-49(51)63(56(9)35-37-20-21-38(31-37)36-56)47-19-16-29-58(11,52(47)60)55(43,7)8/h15-19,22-27,32-35,38H,13-14,20-21,28-31,36H2,1-12H3. The third-order valence-corrected chi connectivity index (χ3v) is 19.1. The first-order valence-electron chi connectivity index (χ1n) is 24.8. The van der Waals surface area contributed by atoms with Crippen molar-refractivity contribution in [3.63, 3.8) is 0 Å². The Kier molecular flexibility index (Phi) is 7.93. The van der Waals surface area contributed by atoms with Crippen LogP contribution in [0.2, 0.25) is 0 Å². The minimum atomic E-state index is -0.134. The number of hydrogen-bond acceptors (Lipinski definition) is 3. The predicted molar refractivity (Wildman–Crippen MR) is 269 cm³/mol. The third-order valence-electron chi connectivity index (χ3n) is 19.1. The van der Waals surface area contributed by atoms with Crippen molar-refractivity contribution in [1.29, 1.82) is 0 Å². The Hall–Kier alpha value is -4.44. The number of hydrogen-bond donors (Lipinski definition) is 0. The summed E-state index contributed by atoms with van der Waals surface area (Å²) in [4.78, 5) is 8.51. The fourth-order valence-electron chi connectivity index (χ4n) is 15.2. The maximum atomic E-state index is 2.94. The number of allylic oxidation sites excluding steroid dienone is 4. The molecule has 0 saturated heterocycles. The molecule has 0 amide bonds. The summed E-state index contributed by atoms with van der Waals surface area (Å²) in [5.41, 5.74) is 21.8. The molecule has 2 saturated carbocycles. The Morgan fingerprint density at radius 2 is 1.37 bits per heavy atom. The molecular weight excluding hydrogens is 761 g/mol. The van der Waals surface area contributed by atoms with Crippen LogP contribution in [0.15, 0.2) is 108 Å². The second-order valence-electron chi connectivity index (χ2n) is 25.0. The van der Waals surface area contributed by atoms with E-state index in [4.69, 9.17) is 0 Å². The summed E-state index contributed by atoms with van der Waals surface area (Å²) < 4.78 is 0. The van der Waals surface area contributed by atoms with E-state index in [9.17, 15) is 0 Å². The number of anilines is 6. The average molecular weight is 832 g/mol. The van der Waals surface area contributed by atoms with Crippen molar-refractivity contribution in [2.45, 2.75) is 174 Å². The van der Waals surface area contributed by atoms with Crippen LogP contribution in [0.25, 0.3) is 0 Å². The molecule has 4 aromatic carbocycles. The van der Waals surface area contributed by atoms with E-state index in [2.05, 4.69) is 189 Å². The average Bonchev–Trinajstić information content (AvgIpc) is 3.68. The molecule has 4 aliphatic carbocycles. The Bertz CT molecular complexity index is 2750. The zero-order valence-corrected chi connectivity index (χ0v) is 40.5. The SMILES string of the molecule is CC(C)(C)c1ccc(N2c3cc(N4c5ccc(C(C)(C)C)cc5C5(C)CCCCC45C)cc4c3B3C5=C(C=CCC5(C)C(C)(C)c5cccc2c53)N4C2(C)C=C3CCC(C3)C2)cc1. The lowest BCUT2D eigenvalue weighted by Crippen LogP contribution is -2.68. The quantitative estimate of drug-likeness (QED) is 0.150. The molecule has 5 atom stereocenters. The molecule has 4 aliphatic heterocycles. The summed E-state index contributed by atoms with van der Waals surface area (Å²) in [6.45, 7) is 29.9. The molecule has 4 heterocycles. The molecule has 0 radical (unpaired) electrons. The fraction of sp³-hybridized carbons (Fsp3) is 0.492. The summed E-state index contributed by atoms with van der Waals surface area (Å²) in [5, 5.41) is 0. The van der Waals surface area contributed by atoms with Gasteiger partial charge in [0.1, 0.15) is 0 Å². The summed E-state index contributed by atoms with van der Waals surface area (Å²) >= 11 is 0. The van der Waals surface area contributed by atoms with Crippen LogP contribution in [-0.2, 0) is 21.7 Å². The molecule has 4 heteroatoms. The molecule has 12 rings (SSSR count). The number of fused-ring (bicyclic) bond motifs is 5. The van der Waals surface area contributed by atoms with Gasteiger partial charge in [0, 0.05) is 45.2 Å². The lowest BCUT2D eigenvalue weighted by Gasteiger charge is -2.61. The molecule has 2 bridgehead atoms. The van der Waals surface area contributed by atoms with E-state index in [-0.39, 0.29) is 44.9 Å². The Morgan fingerprint density at radius 1 is 0.651 bits per heavy atom. The van der Waals surface area contributed by atoms with E-state index in [1.165, 1.54) is 119 Å². The second kappa shape index (κ2) is 12.5. The van der Waals surface area contributed by atoms with Crippen LogP contribution in [0, 0.1) is 11.3 Å². The summed E-state index contributed by atoms with van der Waals surface area (Å²) in [6, 6.07) is 29.9. The van der Waals surface area contributed by atoms with Gasteiger partial charge in [0.2, 0.25) is 6.71 Å². The summed E-state index contributed by atoms with van der Waals surface area (Å²) in [5.74, 6) is 0.744. The van der Waals surface area contributed by atoms with Crippen molar-refractivity contribution in [2.24, 2.45) is 11.3 Å². The van der Waals surface area contributed by atoms with E-state index in [1.807, 2.05) is 0 Å². The second-order valence-corrected chi connectivity index (χ2v) is 25.0. The lowest BCUT2D eigenvalue weighted by atomic mass is 9.23. The van der Waals surface area contributed by atoms with Gasteiger partial charge in [-0.1, -0.05) is 142 Å². The lowest BCUT2D eigenvalue weighted by molar-refractivity contribution is 0.195. The molecule has 63 heavy (non-hydrogen) atoms. The molecule has 0 aromatic heterocycles. The monoisotopic (exact) mass is 832 g/mol. The zero-order valence-electron chi connectivity index (χ0n) is 40.5. The van der Waals surface area contributed by atoms with Crippen LogP contribution in [0.1, 0.15) is 163 Å². The molecule has 8 aliphatic rings. The van der Waals surface area contributed by atoms with Gasteiger partial charge in [-0.05, 0) is 162 Å². The van der Waals surface area contributed by atoms with Gasteiger partial charge in [-0.25, -0.2) is 0 Å². The van der Waals surface area contributed by atoms with Gasteiger partial charge < -0.3 is 14.7 Å². The van der Waals surface area contributed by atoms with Crippen LogP contribution in [-0.4, -0.2) is 17.8 Å². The topological polar surface area (TPSA) is 9.72 Å². The maximum Gasteiger partial charge on any atom is 0.248 e. The van der Waals surface area contributed by atoms with Crippen molar-refractivity contribution < 1.29 is 0 Å². The van der Waals surface area contributed by atoms with E-state index >= 15 is 0 Å². The molecule has 0 N–H and O–H groups in total. The van der Waals surface area contributed by atoms with Gasteiger partial charge >= 0.3 is 0 Å². The van der Waals surface area contributed by atoms with E-state index in [0.29, 0.717) is 0 Å². The number of rotatable bonds is 3. The molecule has 324 valence electrons. The summed E-state index contributed by atoms with van der Waals surface area (Å²) in [7, 11) is 0. The van der Waals surface area contributed by atoms with Gasteiger partial charge in [-0.3, -0.25) is 0 Å². The number of nitrogens with zero attached hydrogens (tertiary/aromatic N) is 3. The van der Waals surface area contributed by atoms with Gasteiger partial charge in [0.15, 0.2) is 0 Å². The van der Waals surface area contributed by atoms with Crippen molar-refractivity contribution in [3.05, 3.63) is 130 Å². The van der Waals surface area contributed by atoms with Crippen molar-refractivity contribution in [3.8, 4) is 0 Å². The first-order chi connectivity index (χ1) is 29.7. The van der Waals surface area contributed by atoms with Gasteiger partial charge in [-0.2, -0.15) is 0 Å². The maximum absolute atomic E-state index is 2.94. The van der Waals surface area contributed by atoms with E-state index in [1.54, 1.807) is 16.6 Å². The van der Waals surface area contributed by atoms with Crippen molar-refractivity contribution in [2.75, 3.05) is 14.7 Å². The van der Waals surface area contributed by atoms with Gasteiger partial charge in [0.05, 0.1) is 11.1 Å². The third kappa shape index (κ3) is 5.05. The normalized spacial score (nSPS) is 30.7. The van der Waals surface area contributed by atoms with Crippen LogP contribution in [0.5, 0.6) is 0 Å². The Balaban J connectivity index is 1.20. The van der Waals surface area contributed by atoms with Crippen molar-refractivity contribution >= 4 is 51.8 Å². The van der Waals surface area contributed by atoms with Crippen LogP contribution in [0.4, 0.5) is 34.1 Å². The van der Waals surface area contributed by atoms with Gasteiger partial charge in [0.25, 0.3) is 0 Å². The first-order valence-corrected chi connectivity index (χ1v) is 24.8. The van der Waals surface area contributed by atoms with Gasteiger partial charge in [-0.15, -0.1) is 0 Å². The highest BCUT2D eigenvalue weighted by molar-refractivity contribution is 6.96. The minimum absolute atomic E-state index is 0.0379. The smallest absolute Gasteiger partial charge is 0.248 e. The van der Waals surface area contributed by atoms with E-state index in [0.717, 1.165) is 12.3 Å². The predicted octanol–water partition coefficient (Wildman–Crippen LogP) is 14.2. The molecular formula is C59H70BN3. The minimum Gasteiger partial charge on any atom is -0.334 e. The highest BCUT2D eigenvalue weighted by Crippen LogP contribution is 2.65. The highest BCUT2D eigenvalue weighted by Gasteiger charge is 2.62. The Morgan fingerprint density at radius 3 is 2.10 bits per heavy atom. The van der Waals surface area contributed by atoms with Crippen LogP contribution < -0.4 is 25.6 Å². The molecule has 0 spiro atoms. The van der Waals surface area contributed by atoms with Crippen molar-refractivity contribution in [1.82, 2.24) is 0 Å². The van der Waals surface area contributed by atoms with Crippen LogP contribution >= 0.6 is 0 Å². The number of benzene rings is 4. The summed E-state index contributed by atoms with van der Waals surface area (Å²) in [6.07, 6.45) is 19.0. The Labute approximate surface area is 379 Å². The molecule has 4 aromatic rings.